The van der Waals surface area contributed by atoms with E-state index in [0.717, 1.165) is 10.0 Å². The number of aliphatic hydroxyl groups is 1. The summed E-state index contributed by atoms with van der Waals surface area (Å²) in [6.45, 7) is 0. The molecule has 104 valence electrons. The SMILES string of the molecule is OC(Cc1ccc2c(c1)CCC2)c1ccc(Cl)cc1Br. The van der Waals surface area contributed by atoms with Gasteiger partial charge in [0.1, 0.15) is 0 Å². The molecule has 0 saturated carbocycles. The summed E-state index contributed by atoms with van der Waals surface area (Å²) >= 11 is 9.40. The topological polar surface area (TPSA) is 20.2 Å². The fourth-order valence-electron chi connectivity index (χ4n) is 2.86. The van der Waals surface area contributed by atoms with Gasteiger partial charge in [-0.15, -0.1) is 0 Å². The highest BCUT2D eigenvalue weighted by Crippen LogP contribution is 2.30. The molecule has 1 atom stereocenters. The molecule has 0 aliphatic heterocycles. The van der Waals surface area contributed by atoms with Gasteiger partial charge >= 0.3 is 0 Å². The second kappa shape index (κ2) is 5.88. The minimum Gasteiger partial charge on any atom is -0.388 e. The smallest absolute Gasteiger partial charge is 0.0841 e. The lowest BCUT2D eigenvalue weighted by atomic mass is 9.98. The van der Waals surface area contributed by atoms with Crippen molar-refractivity contribution in [2.45, 2.75) is 31.8 Å². The number of hydrogen-bond donors (Lipinski definition) is 1. The van der Waals surface area contributed by atoms with E-state index in [1.807, 2.05) is 18.2 Å². The molecule has 0 fully saturated rings. The minimum absolute atomic E-state index is 0.513. The van der Waals surface area contributed by atoms with Crippen LogP contribution in [0.5, 0.6) is 0 Å². The highest BCUT2D eigenvalue weighted by molar-refractivity contribution is 9.10. The number of rotatable bonds is 3. The van der Waals surface area contributed by atoms with Gasteiger partial charge in [0.25, 0.3) is 0 Å². The predicted octanol–water partition coefficient (Wildman–Crippen LogP) is 4.87. The van der Waals surface area contributed by atoms with Crippen molar-refractivity contribution >= 4 is 27.5 Å². The van der Waals surface area contributed by atoms with Crippen molar-refractivity contribution in [2.24, 2.45) is 0 Å². The van der Waals surface area contributed by atoms with Crippen molar-refractivity contribution in [2.75, 3.05) is 0 Å². The van der Waals surface area contributed by atoms with Crippen molar-refractivity contribution in [1.29, 1.82) is 0 Å². The molecule has 0 radical (unpaired) electrons. The Bertz CT molecular complexity index is 639. The highest BCUT2D eigenvalue weighted by atomic mass is 79.9. The van der Waals surface area contributed by atoms with Crippen LogP contribution < -0.4 is 0 Å². The van der Waals surface area contributed by atoms with E-state index in [9.17, 15) is 5.11 Å². The Balaban J connectivity index is 1.80. The van der Waals surface area contributed by atoms with Gasteiger partial charge in [-0.2, -0.15) is 0 Å². The van der Waals surface area contributed by atoms with Crippen LogP contribution in [0.15, 0.2) is 40.9 Å². The molecule has 3 rings (SSSR count). The molecule has 0 bridgehead atoms. The van der Waals surface area contributed by atoms with E-state index in [1.165, 1.54) is 36.0 Å². The van der Waals surface area contributed by atoms with Crippen LogP contribution in [-0.4, -0.2) is 5.11 Å². The van der Waals surface area contributed by atoms with E-state index in [-0.39, 0.29) is 0 Å². The molecule has 3 heteroatoms. The molecule has 1 N–H and O–H groups in total. The fourth-order valence-corrected chi connectivity index (χ4v) is 3.80. The van der Waals surface area contributed by atoms with Gasteiger partial charge in [-0.3, -0.25) is 0 Å². The van der Waals surface area contributed by atoms with Gasteiger partial charge in [-0.1, -0.05) is 51.8 Å². The maximum atomic E-state index is 10.4. The summed E-state index contributed by atoms with van der Waals surface area (Å²) < 4.78 is 0.860. The van der Waals surface area contributed by atoms with Crippen molar-refractivity contribution in [1.82, 2.24) is 0 Å². The highest BCUT2D eigenvalue weighted by Gasteiger charge is 2.15. The monoisotopic (exact) mass is 350 g/mol. The third-order valence-corrected chi connectivity index (χ3v) is 4.84. The van der Waals surface area contributed by atoms with Gasteiger partial charge in [-0.25, -0.2) is 0 Å². The molecular weight excluding hydrogens is 336 g/mol. The van der Waals surface area contributed by atoms with Crippen molar-refractivity contribution in [3.63, 3.8) is 0 Å². The average Bonchev–Trinajstić information content (AvgIpc) is 2.85. The third-order valence-electron chi connectivity index (χ3n) is 3.91. The van der Waals surface area contributed by atoms with E-state index >= 15 is 0 Å². The van der Waals surface area contributed by atoms with Crippen molar-refractivity contribution in [3.05, 3.63) is 68.1 Å². The lowest BCUT2D eigenvalue weighted by molar-refractivity contribution is 0.177. The van der Waals surface area contributed by atoms with Crippen LogP contribution in [0.25, 0.3) is 0 Å². The minimum atomic E-state index is -0.513. The van der Waals surface area contributed by atoms with Crippen molar-refractivity contribution in [3.8, 4) is 0 Å². The van der Waals surface area contributed by atoms with E-state index in [2.05, 4.69) is 34.1 Å². The quantitative estimate of drug-likeness (QED) is 0.836. The van der Waals surface area contributed by atoms with E-state index in [0.29, 0.717) is 11.4 Å². The van der Waals surface area contributed by atoms with Crippen LogP contribution in [0.3, 0.4) is 0 Å². The normalized spacial score (nSPS) is 15.2. The third kappa shape index (κ3) is 2.93. The molecule has 2 aromatic carbocycles. The van der Waals surface area contributed by atoms with Crippen molar-refractivity contribution < 1.29 is 5.11 Å². The number of halogens is 2. The summed E-state index contributed by atoms with van der Waals surface area (Å²) in [5.74, 6) is 0. The molecular formula is C17H16BrClO. The Labute approximate surface area is 132 Å². The zero-order valence-electron chi connectivity index (χ0n) is 11.1. The number of aryl methyl sites for hydroxylation is 2. The first-order chi connectivity index (χ1) is 9.63. The lowest BCUT2D eigenvalue weighted by Gasteiger charge is -2.14. The van der Waals surface area contributed by atoms with E-state index in [1.54, 1.807) is 0 Å². The molecule has 0 saturated heterocycles. The van der Waals surface area contributed by atoms with Gasteiger partial charge in [0.15, 0.2) is 0 Å². The Morgan fingerprint density at radius 2 is 1.90 bits per heavy atom. The summed E-state index contributed by atoms with van der Waals surface area (Å²) in [5, 5.41) is 11.1. The first kappa shape index (κ1) is 14.1. The van der Waals surface area contributed by atoms with Crippen LogP contribution in [0.4, 0.5) is 0 Å². The zero-order valence-corrected chi connectivity index (χ0v) is 13.4. The molecule has 0 spiro atoms. The number of aliphatic hydroxyl groups excluding tert-OH is 1. The van der Waals surface area contributed by atoms with E-state index in [4.69, 9.17) is 11.6 Å². The molecule has 20 heavy (non-hydrogen) atoms. The van der Waals surface area contributed by atoms with E-state index < -0.39 is 6.10 Å². The molecule has 0 aromatic heterocycles. The molecule has 1 aliphatic rings. The molecule has 0 heterocycles. The van der Waals surface area contributed by atoms with Crippen LogP contribution in [-0.2, 0) is 19.3 Å². The van der Waals surface area contributed by atoms with Crippen LogP contribution in [0.2, 0.25) is 5.02 Å². The zero-order chi connectivity index (χ0) is 14.1. The maximum absolute atomic E-state index is 10.4. The average molecular weight is 352 g/mol. The molecule has 1 unspecified atom stereocenters. The lowest BCUT2D eigenvalue weighted by Crippen LogP contribution is -2.03. The largest absolute Gasteiger partial charge is 0.388 e. The van der Waals surface area contributed by atoms with Gasteiger partial charge in [-0.05, 0) is 53.6 Å². The maximum Gasteiger partial charge on any atom is 0.0841 e. The first-order valence-corrected chi connectivity index (χ1v) is 8.04. The summed E-state index contributed by atoms with van der Waals surface area (Å²) in [6, 6.07) is 12.1. The van der Waals surface area contributed by atoms with Gasteiger partial charge in [0.05, 0.1) is 6.10 Å². The fraction of sp³-hybridized carbons (Fsp3) is 0.294. The Morgan fingerprint density at radius 1 is 1.10 bits per heavy atom. The Morgan fingerprint density at radius 3 is 2.70 bits per heavy atom. The summed E-state index contributed by atoms with van der Waals surface area (Å²) in [5.41, 5.74) is 5.00. The van der Waals surface area contributed by atoms with Crippen LogP contribution in [0.1, 0.15) is 34.8 Å². The Hall–Kier alpha value is -0.830. The van der Waals surface area contributed by atoms with Gasteiger partial charge in [0, 0.05) is 15.9 Å². The number of hydrogen-bond acceptors (Lipinski definition) is 1. The van der Waals surface area contributed by atoms with Gasteiger partial charge < -0.3 is 5.11 Å². The molecule has 1 aliphatic carbocycles. The van der Waals surface area contributed by atoms with Gasteiger partial charge in [0.2, 0.25) is 0 Å². The number of benzene rings is 2. The summed E-state index contributed by atoms with van der Waals surface area (Å²) in [7, 11) is 0. The second-order valence-electron chi connectivity index (χ2n) is 5.34. The number of fused-ring (bicyclic) bond motifs is 1. The molecule has 0 amide bonds. The first-order valence-electron chi connectivity index (χ1n) is 6.87. The van der Waals surface area contributed by atoms with Crippen LogP contribution >= 0.6 is 27.5 Å². The molecule has 2 aromatic rings. The summed E-state index contributed by atoms with van der Waals surface area (Å²) in [4.78, 5) is 0. The summed E-state index contributed by atoms with van der Waals surface area (Å²) in [6.07, 6.45) is 3.74. The standard InChI is InChI=1S/C17H16BrClO/c18-16-10-14(19)6-7-15(16)17(20)9-11-4-5-12-2-1-3-13(12)8-11/h4-8,10,17,20H,1-3,9H2. The predicted molar refractivity (Wildman–Crippen MR) is 86.3 cm³/mol. The van der Waals surface area contributed by atoms with Crippen LogP contribution in [0, 0.1) is 0 Å². The second-order valence-corrected chi connectivity index (χ2v) is 6.63. The Kier molecular flexibility index (Phi) is 4.16. The molecule has 1 nitrogen and oxygen atoms in total.